The maximum absolute atomic E-state index is 14.8. The molecule has 7 rings (SSSR count). The van der Waals surface area contributed by atoms with Crippen LogP contribution in [0, 0.1) is 0 Å². The molecule has 0 bridgehead atoms. The number of benzene rings is 3. The lowest BCUT2D eigenvalue weighted by Crippen LogP contribution is -2.35. The molecule has 1 aliphatic heterocycles. The SMILES string of the molecule is O=C1/C(=C/c2nccs2)c2cc(S(=O)(=O)N(Cc3ncco3)C(c3ccccc3)c3ccccc3)ccc2N1Cc1ncco1. The number of nitrogens with zero attached hydrogens (tertiary/aromatic N) is 5. The summed E-state index contributed by atoms with van der Waals surface area (Å²) in [6.07, 6.45) is 9.18. The minimum Gasteiger partial charge on any atom is -0.448 e. The summed E-state index contributed by atoms with van der Waals surface area (Å²) >= 11 is 1.38. The van der Waals surface area contributed by atoms with Gasteiger partial charge in [0.2, 0.25) is 21.8 Å². The first-order valence-corrected chi connectivity index (χ1v) is 16.3. The second-order valence-electron chi connectivity index (χ2n) is 10.1. The van der Waals surface area contributed by atoms with Gasteiger partial charge >= 0.3 is 0 Å². The molecule has 0 radical (unpaired) electrons. The van der Waals surface area contributed by atoms with Crippen LogP contribution in [0.15, 0.2) is 129 Å². The lowest BCUT2D eigenvalue weighted by Gasteiger charge is -2.31. The first-order valence-electron chi connectivity index (χ1n) is 13.9. The maximum Gasteiger partial charge on any atom is 0.259 e. The van der Waals surface area contributed by atoms with Gasteiger partial charge in [0.15, 0.2) is 0 Å². The molecule has 12 heteroatoms. The van der Waals surface area contributed by atoms with E-state index in [2.05, 4.69) is 15.0 Å². The van der Waals surface area contributed by atoms with Crippen molar-refractivity contribution in [2.24, 2.45) is 0 Å². The highest BCUT2D eigenvalue weighted by Crippen LogP contribution is 2.42. The van der Waals surface area contributed by atoms with E-state index in [4.69, 9.17) is 8.83 Å². The Bertz CT molecular complexity index is 2010. The van der Waals surface area contributed by atoms with Crippen LogP contribution in [0.3, 0.4) is 0 Å². The van der Waals surface area contributed by atoms with Gasteiger partial charge in [0.1, 0.15) is 24.1 Å². The van der Waals surface area contributed by atoms with Gasteiger partial charge in [-0.25, -0.2) is 23.4 Å². The molecule has 0 unspecified atom stereocenters. The van der Waals surface area contributed by atoms with E-state index >= 15 is 0 Å². The molecule has 224 valence electrons. The van der Waals surface area contributed by atoms with E-state index in [0.717, 1.165) is 11.1 Å². The number of sulfonamides is 1. The predicted molar refractivity (Wildman–Crippen MR) is 168 cm³/mol. The number of carbonyl (C=O) groups excluding carboxylic acids is 1. The van der Waals surface area contributed by atoms with Crippen molar-refractivity contribution in [2.75, 3.05) is 4.90 Å². The van der Waals surface area contributed by atoms with Crippen molar-refractivity contribution < 1.29 is 22.0 Å². The Morgan fingerprint density at radius 1 is 0.844 bits per heavy atom. The second-order valence-corrected chi connectivity index (χ2v) is 12.9. The zero-order valence-electron chi connectivity index (χ0n) is 23.6. The molecular formula is C33H25N5O5S2. The third-order valence-electron chi connectivity index (χ3n) is 7.42. The summed E-state index contributed by atoms with van der Waals surface area (Å²) < 4.78 is 41.9. The fourth-order valence-corrected chi connectivity index (χ4v) is 7.55. The van der Waals surface area contributed by atoms with E-state index in [1.54, 1.807) is 24.4 Å². The van der Waals surface area contributed by atoms with Gasteiger partial charge < -0.3 is 8.83 Å². The van der Waals surface area contributed by atoms with Crippen LogP contribution in [-0.4, -0.2) is 33.6 Å². The smallest absolute Gasteiger partial charge is 0.259 e. The lowest BCUT2D eigenvalue weighted by molar-refractivity contribution is -0.113. The van der Waals surface area contributed by atoms with Gasteiger partial charge in [0.25, 0.3) is 5.91 Å². The Kier molecular flexibility index (Phi) is 7.67. The van der Waals surface area contributed by atoms with Crippen molar-refractivity contribution >= 4 is 44.6 Å². The van der Waals surface area contributed by atoms with Gasteiger partial charge in [-0.3, -0.25) is 9.69 Å². The second kappa shape index (κ2) is 12.1. The number of rotatable bonds is 10. The number of hydrogen-bond donors (Lipinski definition) is 0. The monoisotopic (exact) mass is 635 g/mol. The van der Waals surface area contributed by atoms with Crippen molar-refractivity contribution in [3.8, 4) is 0 Å². The average Bonchev–Trinajstić information content (AvgIpc) is 3.90. The van der Waals surface area contributed by atoms with Crippen LogP contribution >= 0.6 is 11.3 Å². The summed E-state index contributed by atoms with van der Waals surface area (Å²) in [6, 6.07) is 22.9. The highest BCUT2D eigenvalue weighted by molar-refractivity contribution is 7.89. The Labute approximate surface area is 263 Å². The van der Waals surface area contributed by atoms with Crippen LogP contribution in [0.25, 0.3) is 11.6 Å². The van der Waals surface area contributed by atoms with E-state index in [-0.39, 0.29) is 29.8 Å². The van der Waals surface area contributed by atoms with Gasteiger partial charge in [-0.15, -0.1) is 11.3 Å². The van der Waals surface area contributed by atoms with E-state index in [9.17, 15) is 13.2 Å². The molecule has 0 saturated heterocycles. The molecule has 6 aromatic rings. The molecule has 0 fully saturated rings. The Balaban J connectivity index is 1.37. The Morgan fingerprint density at radius 3 is 2.11 bits per heavy atom. The molecule has 4 heterocycles. The third kappa shape index (κ3) is 5.62. The topological polar surface area (TPSA) is 123 Å². The Morgan fingerprint density at radius 2 is 1.51 bits per heavy atom. The molecule has 0 spiro atoms. The summed E-state index contributed by atoms with van der Waals surface area (Å²) in [4.78, 5) is 28.1. The summed E-state index contributed by atoms with van der Waals surface area (Å²) in [5, 5.41) is 2.43. The maximum atomic E-state index is 14.8. The van der Waals surface area contributed by atoms with Gasteiger partial charge in [-0.1, -0.05) is 60.7 Å². The molecule has 1 amide bonds. The normalized spacial score (nSPS) is 14.1. The molecule has 3 aromatic carbocycles. The van der Waals surface area contributed by atoms with Crippen LogP contribution in [0.4, 0.5) is 5.69 Å². The van der Waals surface area contributed by atoms with E-state index in [1.807, 2.05) is 66.0 Å². The largest absolute Gasteiger partial charge is 0.448 e. The number of amides is 1. The third-order valence-corrected chi connectivity index (χ3v) is 9.95. The van der Waals surface area contributed by atoms with E-state index < -0.39 is 16.1 Å². The van der Waals surface area contributed by atoms with Crippen LogP contribution in [0.2, 0.25) is 0 Å². The molecule has 3 aromatic heterocycles. The molecule has 0 aliphatic carbocycles. The van der Waals surface area contributed by atoms with Gasteiger partial charge in [-0.2, -0.15) is 4.31 Å². The van der Waals surface area contributed by atoms with Crippen molar-refractivity contribution in [1.82, 2.24) is 19.3 Å². The molecule has 0 N–H and O–H groups in total. The van der Waals surface area contributed by atoms with Gasteiger partial charge in [0, 0.05) is 17.1 Å². The van der Waals surface area contributed by atoms with Gasteiger partial charge in [-0.05, 0) is 35.4 Å². The molecule has 10 nitrogen and oxygen atoms in total. The minimum atomic E-state index is -4.23. The number of fused-ring (bicyclic) bond motifs is 1. The summed E-state index contributed by atoms with van der Waals surface area (Å²) in [5.74, 6) is 0.288. The average molecular weight is 636 g/mol. The summed E-state index contributed by atoms with van der Waals surface area (Å²) in [6.45, 7) is -0.0432. The molecular weight excluding hydrogens is 611 g/mol. The van der Waals surface area contributed by atoms with Crippen molar-refractivity contribution in [1.29, 1.82) is 0 Å². The first-order chi connectivity index (χ1) is 22.0. The van der Waals surface area contributed by atoms with E-state index in [0.29, 0.717) is 27.7 Å². The fraction of sp³-hybridized carbons (Fsp3) is 0.0909. The number of aromatic nitrogens is 3. The highest BCUT2D eigenvalue weighted by atomic mass is 32.2. The highest BCUT2D eigenvalue weighted by Gasteiger charge is 2.38. The number of thiazole rings is 1. The van der Waals surface area contributed by atoms with Crippen LogP contribution < -0.4 is 4.90 Å². The van der Waals surface area contributed by atoms with Crippen LogP contribution in [-0.2, 0) is 27.9 Å². The predicted octanol–water partition coefficient (Wildman–Crippen LogP) is 6.19. The van der Waals surface area contributed by atoms with Crippen molar-refractivity contribution in [3.63, 3.8) is 0 Å². The van der Waals surface area contributed by atoms with Crippen molar-refractivity contribution in [3.05, 3.63) is 149 Å². The number of oxazole rings is 2. The van der Waals surface area contributed by atoms with Gasteiger partial charge in [0.05, 0.1) is 41.1 Å². The molecule has 45 heavy (non-hydrogen) atoms. The standard InChI is InChI=1S/C33H25N5O5S2/c39-33-27(20-31-36-15-18-44-31)26-19-25(11-12-28(26)37(33)21-29-34-13-16-42-29)45(40,41)38(22-30-35-14-17-43-30)32(23-7-3-1-4-8-23)24-9-5-2-6-10-24/h1-20,32H,21-22H2/b27-20+. The summed E-state index contributed by atoms with van der Waals surface area (Å²) in [7, 11) is -4.23. The van der Waals surface area contributed by atoms with E-state index in [1.165, 1.54) is 51.5 Å². The Hall–Kier alpha value is -5.17. The van der Waals surface area contributed by atoms with Crippen LogP contribution in [0.5, 0.6) is 0 Å². The molecule has 0 atom stereocenters. The molecule has 1 aliphatic rings. The minimum absolute atomic E-state index is 0.0143. The molecule has 0 saturated carbocycles. The summed E-state index contributed by atoms with van der Waals surface area (Å²) in [5.41, 5.74) is 2.88. The first kappa shape index (κ1) is 28.6. The fourth-order valence-electron chi connectivity index (χ4n) is 5.40. The van der Waals surface area contributed by atoms with Crippen LogP contribution in [0.1, 0.15) is 39.5 Å². The number of hydrogen-bond acceptors (Lipinski definition) is 9. The van der Waals surface area contributed by atoms with Crippen molar-refractivity contribution in [2.45, 2.75) is 24.0 Å². The zero-order chi connectivity index (χ0) is 30.8. The number of carbonyl (C=O) groups is 1. The quantitative estimate of drug-likeness (QED) is 0.163. The lowest BCUT2D eigenvalue weighted by atomic mass is 9.99. The number of anilines is 1. The zero-order valence-corrected chi connectivity index (χ0v) is 25.3.